The molecule has 0 aromatic heterocycles. The maximum absolute atomic E-state index is 12.8. The molecule has 146 valence electrons. The number of imide groups is 1. The van der Waals surface area contributed by atoms with Crippen LogP contribution in [-0.2, 0) is 20.7 Å². The molecule has 1 aromatic rings. The summed E-state index contributed by atoms with van der Waals surface area (Å²) in [6, 6.07) is 9.93. The Kier molecular flexibility index (Phi) is 6.11. The Labute approximate surface area is 159 Å². The first-order valence-electron chi connectivity index (χ1n) is 9.60. The number of carbonyl (C=O) groups excluding carboxylic acids is 3. The first-order valence-corrected chi connectivity index (χ1v) is 9.60. The van der Waals surface area contributed by atoms with Crippen LogP contribution in [0.4, 0.5) is 4.79 Å². The SMILES string of the molecule is CCOC(=O)CCN1C(=O)NC2(CCN(CCc3ccccc3)CC2)C1=O. The highest BCUT2D eigenvalue weighted by atomic mass is 16.5. The Morgan fingerprint density at radius 2 is 1.85 bits per heavy atom. The quantitative estimate of drug-likeness (QED) is 0.580. The number of hydrogen-bond donors (Lipinski definition) is 1. The third-order valence-corrected chi connectivity index (χ3v) is 5.36. The first kappa shape index (κ1) is 19.4. The number of urea groups is 1. The van der Waals surface area contributed by atoms with Crippen molar-refractivity contribution in [3.63, 3.8) is 0 Å². The zero-order chi connectivity index (χ0) is 19.3. The van der Waals surface area contributed by atoms with Gasteiger partial charge in [0.25, 0.3) is 5.91 Å². The van der Waals surface area contributed by atoms with Gasteiger partial charge in [-0.15, -0.1) is 0 Å². The lowest BCUT2D eigenvalue weighted by atomic mass is 9.87. The molecule has 27 heavy (non-hydrogen) atoms. The molecular formula is C20H27N3O4. The van der Waals surface area contributed by atoms with E-state index in [9.17, 15) is 14.4 Å². The van der Waals surface area contributed by atoms with Gasteiger partial charge in [0.05, 0.1) is 13.0 Å². The van der Waals surface area contributed by atoms with Crippen molar-refractivity contribution in [2.24, 2.45) is 0 Å². The average molecular weight is 373 g/mol. The summed E-state index contributed by atoms with van der Waals surface area (Å²) in [6.07, 6.45) is 2.20. The van der Waals surface area contributed by atoms with Crippen molar-refractivity contribution >= 4 is 17.9 Å². The molecule has 2 aliphatic rings. The molecule has 1 N–H and O–H groups in total. The monoisotopic (exact) mass is 373 g/mol. The smallest absolute Gasteiger partial charge is 0.325 e. The van der Waals surface area contributed by atoms with Crippen LogP contribution in [0.2, 0.25) is 0 Å². The standard InChI is InChI=1S/C20H27N3O4/c1-2-27-17(24)9-13-23-18(25)20(21-19(23)26)10-14-22(15-11-20)12-8-16-6-4-3-5-7-16/h3-7H,2,8-15H2,1H3,(H,21,26). The molecule has 0 unspecified atom stereocenters. The van der Waals surface area contributed by atoms with E-state index in [0.29, 0.717) is 19.4 Å². The molecule has 2 heterocycles. The summed E-state index contributed by atoms with van der Waals surface area (Å²) in [4.78, 5) is 40.1. The fourth-order valence-corrected chi connectivity index (χ4v) is 3.74. The van der Waals surface area contributed by atoms with Crippen LogP contribution in [0.25, 0.3) is 0 Å². The Morgan fingerprint density at radius 1 is 1.15 bits per heavy atom. The summed E-state index contributed by atoms with van der Waals surface area (Å²) in [6.45, 7) is 4.57. The van der Waals surface area contributed by atoms with Crippen LogP contribution in [0, 0.1) is 0 Å². The number of carbonyl (C=O) groups is 3. The molecule has 1 spiro atoms. The minimum absolute atomic E-state index is 0.0340. The third-order valence-electron chi connectivity index (χ3n) is 5.36. The molecule has 0 radical (unpaired) electrons. The van der Waals surface area contributed by atoms with Crippen molar-refractivity contribution in [1.82, 2.24) is 15.1 Å². The minimum atomic E-state index is -0.811. The van der Waals surface area contributed by atoms with Gasteiger partial charge in [0.1, 0.15) is 5.54 Å². The van der Waals surface area contributed by atoms with Gasteiger partial charge in [-0.3, -0.25) is 14.5 Å². The molecule has 0 atom stereocenters. The van der Waals surface area contributed by atoms with Crippen molar-refractivity contribution < 1.29 is 19.1 Å². The van der Waals surface area contributed by atoms with Gasteiger partial charge >= 0.3 is 12.0 Å². The second-order valence-corrected chi connectivity index (χ2v) is 7.10. The third kappa shape index (κ3) is 4.47. The topological polar surface area (TPSA) is 79.0 Å². The van der Waals surface area contributed by atoms with Crippen LogP contribution >= 0.6 is 0 Å². The van der Waals surface area contributed by atoms with E-state index in [0.717, 1.165) is 31.0 Å². The fourth-order valence-electron chi connectivity index (χ4n) is 3.74. The van der Waals surface area contributed by atoms with E-state index in [-0.39, 0.29) is 18.9 Å². The maximum Gasteiger partial charge on any atom is 0.325 e. The van der Waals surface area contributed by atoms with Gasteiger partial charge in [0.2, 0.25) is 0 Å². The largest absolute Gasteiger partial charge is 0.466 e. The Bertz CT molecular complexity index is 684. The highest BCUT2D eigenvalue weighted by molar-refractivity contribution is 6.07. The van der Waals surface area contributed by atoms with E-state index in [1.165, 1.54) is 5.56 Å². The molecular weight excluding hydrogens is 346 g/mol. The molecule has 7 heteroatoms. The second kappa shape index (κ2) is 8.52. The van der Waals surface area contributed by atoms with E-state index >= 15 is 0 Å². The number of likely N-dealkylation sites (tertiary alicyclic amines) is 1. The number of nitrogens with one attached hydrogen (secondary N) is 1. The molecule has 2 saturated heterocycles. The van der Waals surface area contributed by atoms with Gasteiger partial charge in [-0.2, -0.15) is 0 Å². The normalized spacial score (nSPS) is 19.4. The van der Waals surface area contributed by atoms with Crippen LogP contribution in [0.15, 0.2) is 30.3 Å². The molecule has 2 fully saturated rings. The van der Waals surface area contributed by atoms with Gasteiger partial charge in [-0.1, -0.05) is 30.3 Å². The number of nitrogens with zero attached hydrogens (tertiary/aromatic N) is 2. The zero-order valence-electron chi connectivity index (χ0n) is 15.8. The molecule has 2 aliphatic heterocycles. The lowest BCUT2D eigenvalue weighted by Crippen LogP contribution is -2.55. The Balaban J connectivity index is 1.50. The highest BCUT2D eigenvalue weighted by Crippen LogP contribution is 2.29. The Hall–Kier alpha value is -2.41. The van der Waals surface area contributed by atoms with E-state index in [1.54, 1.807) is 6.92 Å². The van der Waals surface area contributed by atoms with Crippen LogP contribution in [0.1, 0.15) is 31.7 Å². The van der Waals surface area contributed by atoms with Crippen molar-refractivity contribution in [3.8, 4) is 0 Å². The molecule has 7 nitrogen and oxygen atoms in total. The predicted molar refractivity (Wildman–Crippen MR) is 100 cm³/mol. The van der Waals surface area contributed by atoms with Crippen molar-refractivity contribution in [1.29, 1.82) is 0 Å². The number of rotatable bonds is 7. The van der Waals surface area contributed by atoms with Crippen molar-refractivity contribution in [2.75, 3.05) is 32.8 Å². The van der Waals surface area contributed by atoms with Crippen molar-refractivity contribution in [2.45, 2.75) is 38.1 Å². The summed E-state index contributed by atoms with van der Waals surface area (Å²) in [5.41, 5.74) is 0.489. The molecule has 1 aromatic carbocycles. The van der Waals surface area contributed by atoms with Crippen molar-refractivity contribution in [3.05, 3.63) is 35.9 Å². The van der Waals surface area contributed by atoms with E-state index in [4.69, 9.17) is 4.74 Å². The van der Waals surface area contributed by atoms with Crippen LogP contribution in [-0.4, -0.2) is 66.0 Å². The summed E-state index contributed by atoms with van der Waals surface area (Å²) >= 11 is 0. The molecule has 3 rings (SSSR count). The van der Waals surface area contributed by atoms with Crippen LogP contribution in [0.5, 0.6) is 0 Å². The number of benzene rings is 1. The summed E-state index contributed by atoms with van der Waals surface area (Å²) < 4.78 is 4.87. The summed E-state index contributed by atoms with van der Waals surface area (Å²) in [5, 5.41) is 2.88. The van der Waals surface area contributed by atoms with Gasteiger partial charge in [0, 0.05) is 26.2 Å². The first-order chi connectivity index (χ1) is 13.0. The van der Waals surface area contributed by atoms with Gasteiger partial charge in [0.15, 0.2) is 0 Å². The molecule has 0 aliphatic carbocycles. The number of esters is 1. The predicted octanol–water partition coefficient (Wildman–Crippen LogP) is 1.57. The molecule has 0 saturated carbocycles. The number of hydrogen-bond acceptors (Lipinski definition) is 5. The lowest BCUT2D eigenvalue weighted by Gasteiger charge is -2.37. The number of piperidine rings is 1. The fraction of sp³-hybridized carbons (Fsp3) is 0.550. The number of ether oxygens (including phenoxy) is 1. The van der Waals surface area contributed by atoms with Gasteiger partial charge < -0.3 is 15.0 Å². The second-order valence-electron chi connectivity index (χ2n) is 7.10. The average Bonchev–Trinajstić information content (AvgIpc) is 2.90. The van der Waals surface area contributed by atoms with Crippen LogP contribution in [0.3, 0.4) is 0 Å². The lowest BCUT2D eigenvalue weighted by molar-refractivity contribution is -0.143. The molecule has 0 bridgehead atoms. The maximum atomic E-state index is 12.8. The van der Waals surface area contributed by atoms with Crippen LogP contribution < -0.4 is 5.32 Å². The van der Waals surface area contributed by atoms with E-state index in [2.05, 4.69) is 22.3 Å². The highest BCUT2D eigenvalue weighted by Gasteiger charge is 2.52. The summed E-state index contributed by atoms with van der Waals surface area (Å²) in [7, 11) is 0. The Morgan fingerprint density at radius 3 is 2.52 bits per heavy atom. The minimum Gasteiger partial charge on any atom is -0.466 e. The number of amides is 3. The van der Waals surface area contributed by atoms with E-state index < -0.39 is 17.5 Å². The molecule has 3 amide bonds. The zero-order valence-corrected chi connectivity index (χ0v) is 15.8. The van der Waals surface area contributed by atoms with Gasteiger partial charge in [-0.25, -0.2) is 4.79 Å². The summed E-state index contributed by atoms with van der Waals surface area (Å²) in [5.74, 6) is -0.603. The van der Waals surface area contributed by atoms with E-state index in [1.807, 2.05) is 18.2 Å². The van der Waals surface area contributed by atoms with Gasteiger partial charge in [-0.05, 0) is 31.7 Å².